The Labute approximate surface area is 185 Å². The minimum atomic E-state index is -2.98. The Kier molecular flexibility index (Phi) is 12.0. The molecule has 0 fully saturated rings. The van der Waals surface area contributed by atoms with E-state index >= 15 is 0 Å². The summed E-state index contributed by atoms with van der Waals surface area (Å²) in [6, 6.07) is 6.04. The molecule has 0 amide bonds. The summed E-state index contributed by atoms with van der Waals surface area (Å²) in [5.74, 6) is 0.935. The molecule has 9 heteroatoms. The number of sulfone groups is 1. The molecule has 28 heavy (non-hydrogen) atoms. The van der Waals surface area contributed by atoms with E-state index in [4.69, 9.17) is 4.74 Å². The van der Waals surface area contributed by atoms with Gasteiger partial charge in [0.25, 0.3) is 0 Å². The third kappa shape index (κ3) is 12.4. The van der Waals surface area contributed by atoms with Crippen LogP contribution in [0.1, 0.15) is 34.1 Å². The summed E-state index contributed by atoms with van der Waals surface area (Å²) in [5, 5.41) is 6.36. The van der Waals surface area contributed by atoms with Crippen LogP contribution in [-0.2, 0) is 9.84 Å². The van der Waals surface area contributed by atoms with Crippen LogP contribution in [0.3, 0.4) is 0 Å². The van der Waals surface area contributed by atoms with Crippen LogP contribution in [0.15, 0.2) is 29.3 Å². The molecule has 0 saturated carbocycles. The SMILES string of the molecule is CCNC(=NCC(C)(C)CCS(C)(=O)=O)NCC(C)Oc1cccc(F)c1.I. The van der Waals surface area contributed by atoms with Crippen molar-refractivity contribution in [1.82, 2.24) is 10.6 Å². The van der Waals surface area contributed by atoms with Gasteiger partial charge in [-0.15, -0.1) is 24.0 Å². The predicted molar refractivity (Wildman–Crippen MR) is 124 cm³/mol. The third-order valence-electron chi connectivity index (χ3n) is 3.85. The number of hydrogen-bond acceptors (Lipinski definition) is 4. The van der Waals surface area contributed by atoms with Crippen molar-refractivity contribution < 1.29 is 17.5 Å². The van der Waals surface area contributed by atoms with Gasteiger partial charge in [-0.25, -0.2) is 12.8 Å². The maximum absolute atomic E-state index is 13.2. The molecule has 0 saturated heterocycles. The van der Waals surface area contributed by atoms with E-state index in [-0.39, 0.29) is 47.1 Å². The molecule has 2 N–H and O–H groups in total. The zero-order chi connectivity index (χ0) is 20.5. The molecule has 0 aliphatic heterocycles. The minimum Gasteiger partial charge on any atom is -0.489 e. The number of hydrogen-bond donors (Lipinski definition) is 2. The largest absolute Gasteiger partial charge is 0.489 e. The van der Waals surface area contributed by atoms with Crippen LogP contribution >= 0.6 is 24.0 Å². The first-order valence-corrected chi connectivity index (χ1v) is 11.2. The van der Waals surface area contributed by atoms with E-state index in [9.17, 15) is 12.8 Å². The summed E-state index contributed by atoms with van der Waals surface area (Å²) in [7, 11) is -2.98. The first kappa shape index (κ1) is 26.9. The topological polar surface area (TPSA) is 79.8 Å². The third-order valence-corrected chi connectivity index (χ3v) is 4.80. The number of halogens is 2. The Morgan fingerprint density at radius 1 is 1.32 bits per heavy atom. The van der Waals surface area contributed by atoms with Gasteiger partial charge in [0.15, 0.2) is 5.96 Å². The Bertz CT molecular complexity index is 727. The number of nitrogens with one attached hydrogen (secondary N) is 2. The van der Waals surface area contributed by atoms with Crippen molar-refractivity contribution in [1.29, 1.82) is 0 Å². The van der Waals surface area contributed by atoms with Gasteiger partial charge < -0.3 is 15.4 Å². The maximum atomic E-state index is 13.2. The molecule has 1 unspecified atom stereocenters. The van der Waals surface area contributed by atoms with Crippen molar-refractivity contribution >= 4 is 39.8 Å². The van der Waals surface area contributed by atoms with Gasteiger partial charge in [-0.1, -0.05) is 19.9 Å². The van der Waals surface area contributed by atoms with Crippen molar-refractivity contribution in [3.63, 3.8) is 0 Å². The van der Waals surface area contributed by atoms with Crippen LogP contribution in [0.2, 0.25) is 0 Å². The van der Waals surface area contributed by atoms with Crippen molar-refractivity contribution in [3.05, 3.63) is 30.1 Å². The molecule has 0 heterocycles. The molecule has 0 bridgehead atoms. The number of aliphatic imine (C=N–C) groups is 1. The molecule has 162 valence electrons. The molecular formula is C19H33FIN3O3S. The number of guanidine groups is 1. The van der Waals surface area contributed by atoms with Crippen LogP contribution in [0.25, 0.3) is 0 Å². The highest BCUT2D eigenvalue weighted by Crippen LogP contribution is 2.21. The summed E-state index contributed by atoms with van der Waals surface area (Å²) < 4.78 is 41.6. The fourth-order valence-corrected chi connectivity index (χ4v) is 3.15. The Hall–Kier alpha value is -1.10. The van der Waals surface area contributed by atoms with Crippen LogP contribution in [0.4, 0.5) is 4.39 Å². The summed E-state index contributed by atoms with van der Waals surface area (Å²) in [6.07, 6.45) is 1.61. The lowest BCUT2D eigenvalue weighted by Gasteiger charge is -2.23. The first-order chi connectivity index (χ1) is 12.5. The molecule has 0 aliphatic carbocycles. The van der Waals surface area contributed by atoms with Crippen LogP contribution in [0, 0.1) is 11.2 Å². The molecule has 0 aliphatic rings. The molecular weight excluding hydrogens is 496 g/mol. The van der Waals surface area contributed by atoms with Crippen LogP contribution in [0.5, 0.6) is 5.75 Å². The highest BCUT2D eigenvalue weighted by molar-refractivity contribution is 14.0. The average molecular weight is 529 g/mol. The van der Waals surface area contributed by atoms with Gasteiger partial charge in [-0.2, -0.15) is 0 Å². The first-order valence-electron chi connectivity index (χ1n) is 9.13. The maximum Gasteiger partial charge on any atom is 0.191 e. The van der Waals surface area contributed by atoms with Gasteiger partial charge in [0, 0.05) is 25.4 Å². The second-order valence-electron chi connectivity index (χ2n) is 7.51. The molecule has 1 atom stereocenters. The highest BCUT2D eigenvalue weighted by Gasteiger charge is 2.20. The number of nitrogens with zero attached hydrogens (tertiary/aromatic N) is 1. The standard InChI is InChI=1S/C19H32FN3O3S.HI/c1-6-21-18(23-14-19(3,4)10-11-27(5,24)25)22-13-15(2)26-17-9-7-8-16(20)12-17;/h7-9,12,15H,6,10-11,13-14H2,1-5H3,(H2,21,22,23);1H. The second-order valence-corrected chi connectivity index (χ2v) is 9.77. The van der Waals surface area contributed by atoms with Gasteiger partial charge in [-0.05, 0) is 37.8 Å². The molecule has 0 spiro atoms. The molecule has 1 rings (SSSR count). The minimum absolute atomic E-state index is 0. The fraction of sp³-hybridized carbons (Fsp3) is 0.632. The van der Waals surface area contributed by atoms with Gasteiger partial charge in [0.1, 0.15) is 27.5 Å². The number of rotatable bonds is 10. The van der Waals surface area contributed by atoms with E-state index in [1.165, 1.54) is 18.4 Å². The van der Waals surface area contributed by atoms with Crippen molar-refractivity contribution in [2.75, 3.05) is 31.6 Å². The van der Waals surface area contributed by atoms with Crippen LogP contribution < -0.4 is 15.4 Å². The normalized spacial score (nSPS) is 13.4. The fourth-order valence-electron chi connectivity index (χ4n) is 2.23. The zero-order valence-corrected chi connectivity index (χ0v) is 20.4. The highest BCUT2D eigenvalue weighted by atomic mass is 127. The van der Waals surface area contributed by atoms with Crippen LogP contribution in [-0.4, -0.2) is 52.1 Å². The zero-order valence-electron chi connectivity index (χ0n) is 17.3. The summed E-state index contributed by atoms with van der Waals surface area (Å²) in [5.41, 5.74) is -0.227. The summed E-state index contributed by atoms with van der Waals surface area (Å²) in [4.78, 5) is 4.56. The second kappa shape index (κ2) is 12.5. The number of ether oxygens (including phenoxy) is 1. The lowest BCUT2D eigenvalue weighted by Crippen LogP contribution is -2.42. The van der Waals surface area contributed by atoms with E-state index in [1.54, 1.807) is 12.1 Å². The van der Waals surface area contributed by atoms with Gasteiger partial charge in [-0.3, -0.25) is 4.99 Å². The molecule has 0 radical (unpaired) electrons. The summed E-state index contributed by atoms with van der Waals surface area (Å²) in [6.45, 7) is 9.55. The molecule has 1 aromatic carbocycles. The Balaban J connectivity index is 0.00000729. The average Bonchev–Trinajstić information content (AvgIpc) is 2.55. The van der Waals surface area contributed by atoms with E-state index in [0.717, 1.165) is 0 Å². The Morgan fingerprint density at radius 2 is 2.00 bits per heavy atom. The monoisotopic (exact) mass is 529 g/mol. The van der Waals surface area contributed by atoms with Crippen molar-refractivity contribution in [2.45, 2.75) is 40.2 Å². The number of benzene rings is 1. The smallest absolute Gasteiger partial charge is 0.191 e. The Morgan fingerprint density at radius 3 is 2.57 bits per heavy atom. The molecule has 6 nitrogen and oxygen atoms in total. The predicted octanol–water partition coefficient (Wildman–Crippen LogP) is 3.23. The van der Waals surface area contributed by atoms with Gasteiger partial charge in [0.2, 0.25) is 0 Å². The van der Waals surface area contributed by atoms with Crippen molar-refractivity contribution in [3.8, 4) is 5.75 Å². The molecule has 1 aromatic rings. The van der Waals surface area contributed by atoms with E-state index in [1.807, 2.05) is 27.7 Å². The van der Waals surface area contributed by atoms with Gasteiger partial charge >= 0.3 is 0 Å². The van der Waals surface area contributed by atoms with E-state index in [2.05, 4.69) is 15.6 Å². The summed E-state index contributed by atoms with van der Waals surface area (Å²) >= 11 is 0. The van der Waals surface area contributed by atoms with E-state index < -0.39 is 9.84 Å². The van der Waals surface area contributed by atoms with Crippen molar-refractivity contribution in [2.24, 2.45) is 10.4 Å². The van der Waals surface area contributed by atoms with E-state index in [0.29, 0.717) is 37.8 Å². The lowest BCUT2D eigenvalue weighted by molar-refractivity contribution is 0.223. The lowest BCUT2D eigenvalue weighted by atomic mass is 9.90. The molecule has 0 aromatic heterocycles. The quantitative estimate of drug-likeness (QED) is 0.277. The van der Waals surface area contributed by atoms with Gasteiger partial charge in [0.05, 0.1) is 12.3 Å².